The van der Waals surface area contributed by atoms with Crippen LogP contribution in [0.4, 0.5) is 5.69 Å². The number of benzene rings is 3. The lowest BCUT2D eigenvalue weighted by molar-refractivity contribution is -0.112. The van der Waals surface area contributed by atoms with Gasteiger partial charge in [-0.1, -0.05) is 54.4 Å². The summed E-state index contributed by atoms with van der Waals surface area (Å²) in [5, 5.41) is 13.5. The Morgan fingerprint density at radius 2 is 1.86 bits per heavy atom. The summed E-state index contributed by atoms with van der Waals surface area (Å²) < 4.78 is 12.4. The molecule has 0 aliphatic carbocycles. The molecule has 0 spiro atoms. The number of amides is 1. The normalized spacial score (nSPS) is 11.0. The third kappa shape index (κ3) is 7.02. The number of anilines is 1. The van der Waals surface area contributed by atoms with Gasteiger partial charge in [-0.2, -0.15) is 5.26 Å². The van der Waals surface area contributed by atoms with Gasteiger partial charge in [-0.3, -0.25) is 4.79 Å². The fourth-order valence-corrected chi connectivity index (χ4v) is 4.36. The van der Waals surface area contributed by atoms with Crippen molar-refractivity contribution in [3.8, 4) is 17.6 Å². The van der Waals surface area contributed by atoms with E-state index in [1.165, 1.54) is 6.08 Å². The molecule has 0 aliphatic rings. The van der Waals surface area contributed by atoms with Crippen molar-refractivity contribution < 1.29 is 14.3 Å². The Balaban J connectivity index is 1.87. The zero-order valence-electron chi connectivity index (χ0n) is 19.2. The number of hydrogen-bond donors (Lipinski definition) is 1. The van der Waals surface area contributed by atoms with Crippen LogP contribution in [0.5, 0.6) is 11.5 Å². The minimum Gasteiger partial charge on any atom is -0.490 e. The van der Waals surface area contributed by atoms with E-state index < -0.39 is 5.91 Å². The smallest absolute Gasteiger partial charge is 0.266 e. The first kappa shape index (κ1) is 26.6. The highest BCUT2D eigenvalue weighted by Gasteiger charge is 2.16. The van der Waals surface area contributed by atoms with Crippen molar-refractivity contribution in [1.82, 2.24) is 0 Å². The largest absolute Gasteiger partial charge is 0.490 e. The van der Waals surface area contributed by atoms with Crippen LogP contribution in [0.25, 0.3) is 6.08 Å². The number of halogens is 3. The molecule has 0 saturated heterocycles. The second kappa shape index (κ2) is 12.6. The predicted octanol–water partition coefficient (Wildman–Crippen LogP) is 7.84. The SMILES string of the molecule is CCOc1cc(/C=C(\C#N)C(=O)Nc2ccccc2CC)cc(Br)c1OCc1ccc(Cl)cc1Cl. The molecule has 3 rings (SSSR count). The molecule has 180 valence electrons. The van der Waals surface area contributed by atoms with Gasteiger partial charge in [-0.05, 0) is 76.8 Å². The van der Waals surface area contributed by atoms with Crippen LogP contribution in [-0.4, -0.2) is 12.5 Å². The molecule has 1 amide bonds. The number of nitriles is 1. The van der Waals surface area contributed by atoms with Crippen molar-refractivity contribution >= 4 is 56.8 Å². The number of nitrogens with zero attached hydrogens (tertiary/aromatic N) is 1. The number of nitrogens with one attached hydrogen (secondary N) is 1. The van der Waals surface area contributed by atoms with Gasteiger partial charge < -0.3 is 14.8 Å². The summed E-state index contributed by atoms with van der Waals surface area (Å²) in [6.45, 7) is 4.46. The van der Waals surface area contributed by atoms with E-state index in [1.54, 1.807) is 30.3 Å². The Hall–Kier alpha value is -2.98. The third-order valence-electron chi connectivity index (χ3n) is 5.04. The molecule has 0 atom stereocenters. The fourth-order valence-electron chi connectivity index (χ4n) is 3.32. The first-order valence-corrected chi connectivity index (χ1v) is 12.4. The summed E-state index contributed by atoms with van der Waals surface area (Å²) >= 11 is 15.7. The number of ether oxygens (including phenoxy) is 2. The summed E-state index contributed by atoms with van der Waals surface area (Å²) in [7, 11) is 0. The van der Waals surface area contributed by atoms with Crippen LogP contribution in [0, 0.1) is 11.3 Å². The van der Waals surface area contributed by atoms with Crippen molar-refractivity contribution in [2.45, 2.75) is 26.9 Å². The van der Waals surface area contributed by atoms with Gasteiger partial charge in [0.15, 0.2) is 11.5 Å². The first-order chi connectivity index (χ1) is 16.9. The summed E-state index contributed by atoms with van der Waals surface area (Å²) in [6, 6.07) is 18.2. The number of hydrogen-bond acceptors (Lipinski definition) is 4. The maximum Gasteiger partial charge on any atom is 0.266 e. The lowest BCUT2D eigenvalue weighted by Crippen LogP contribution is -2.14. The molecular weight excluding hydrogens is 551 g/mol. The number of carbonyl (C=O) groups excluding carboxylic acids is 1. The molecule has 0 aromatic heterocycles. The Morgan fingerprint density at radius 1 is 1.09 bits per heavy atom. The molecule has 0 unspecified atom stereocenters. The zero-order chi connectivity index (χ0) is 25.4. The maximum absolute atomic E-state index is 12.8. The number of para-hydroxylation sites is 1. The van der Waals surface area contributed by atoms with Gasteiger partial charge in [0.05, 0.1) is 11.1 Å². The van der Waals surface area contributed by atoms with Crippen LogP contribution in [0.3, 0.4) is 0 Å². The molecule has 0 aliphatic heterocycles. The van der Waals surface area contributed by atoms with Gasteiger partial charge in [0.1, 0.15) is 18.2 Å². The lowest BCUT2D eigenvalue weighted by Gasteiger charge is -2.15. The van der Waals surface area contributed by atoms with Crippen LogP contribution >= 0.6 is 39.1 Å². The van der Waals surface area contributed by atoms with E-state index in [4.69, 9.17) is 32.7 Å². The highest BCUT2D eigenvalue weighted by Crippen LogP contribution is 2.38. The molecule has 1 N–H and O–H groups in total. The van der Waals surface area contributed by atoms with E-state index in [0.29, 0.717) is 43.9 Å². The van der Waals surface area contributed by atoms with Gasteiger partial charge in [-0.25, -0.2) is 0 Å². The Bertz CT molecular complexity index is 1300. The van der Waals surface area contributed by atoms with Gasteiger partial charge in [0.25, 0.3) is 5.91 Å². The quantitative estimate of drug-likeness (QED) is 0.209. The molecule has 3 aromatic carbocycles. The summed E-state index contributed by atoms with van der Waals surface area (Å²) in [6.07, 6.45) is 2.27. The molecule has 5 nitrogen and oxygen atoms in total. The molecule has 3 aromatic rings. The summed E-state index contributed by atoms with van der Waals surface area (Å²) in [5.41, 5.74) is 3.01. The number of rotatable bonds is 9. The van der Waals surface area contributed by atoms with Crippen molar-refractivity contribution in [2.24, 2.45) is 0 Å². The maximum atomic E-state index is 12.8. The second-order valence-corrected chi connectivity index (χ2v) is 9.12. The molecule has 35 heavy (non-hydrogen) atoms. The van der Waals surface area contributed by atoms with Gasteiger partial charge >= 0.3 is 0 Å². The molecule has 0 fully saturated rings. The standard InChI is InChI=1S/C27H23BrCl2N2O3/c1-3-18-7-5-6-8-24(18)32-27(33)20(15-31)11-17-12-22(28)26(25(13-17)34-4-2)35-16-19-9-10-21(29)14-23(19)30/h5-14H,3-4,16H2,1-2H3,(H,32,33)/b20-11+. The van der Waals surface area contributed by atoms with Gasteiger partial charge in [0.2, 0.25) is 0 Å². The van der Waals surface area contributed by atoms with E-state index in [1.807, 2.05) is 44.2 Å². The van der Waals surface area contributed by atoms with E-state index in [-0.39, 0.29) is 12.2 Å². The molecule has 0 saturated carbocycles. The van der Waals surface area contributed by atoms with Crippen molar-refractivity contribution in [2.75, 3.05) is 11.9 Å². The topological polar surface area (TPSA) is 71.3 Å². The van der Waals surface area contributed by atoms with Crippen LogP contribution in [0.2, 0.25) is 10.0 Å². The van der Waals surface area contributed by atoms with Gasteiger partial charge in [0, 0.05) is 21.3 Å². The van der Waals surface area contributed by atoms with E-state index in [2.05, 4.69) is 21.2 Å². The monoisotopic (exact) mass is 572 g/mol. The van der Waals surface area contributed by atoms with Crippen LogP contribution < -0.4 is 14.8 Å². The Kier molecular flexibility index (Phi) is 9.62. The van der Waals surface area contributed by atoms with Crippen molar-refractivity contribution in [3.05, 3.63) is 91.4 Å². The van der Waals surface area contributed by atoms with E-state index in [9.17, 15) is 10.1 Å². The summed E-state index contributed by atoms with van der Waals surface area (Å²) in [4.78, 5) is 12.8. The molecule has 8 heteroatoms. The van der Waals surface area contributed by atoms with E-state index in [0.717, 1.165) is 17.5 Å². The fraction of sp³-hybridized carbons (Fsp3) is 0.185. The minimum absolute atomic E-state index is 0.0353. The molecule has 0 heterocycles. The Labute approximate surface area is 223 Å². The van der Waals surface area contributed by atoms with Gasteiger partial charge in [-0.15, -0.1) is 0 Å². The van der Waals surface area contributed by atoms with Crippen molar-refractivity contribution in [1.29, 1.82) is 5.26 Å². The van der Waals surface area contributed by atoms with Crippen molar-refractivity contribution in [3.63, 3.8) is 0 Å². The highest BCUT2D eigenvalue weighted by atomic mass is 79.9. The number of carbonyl (C=O) groups is 1. The minimum atomic E-state index is -0.486. The van der Waals surface area contributed by atoms with Crippen LogP contribution in [0.1, 0.15) is 30.5 Å². The zero-order valence-corrected chi connectivity index (χ0v) is 22.3. The Morgan fingerprint density at radius 3 is 2.54 bits per heavy atom. The number of aryl methyl sites for hydroxylation is 1. The second-order valence-electron chi connectivity index (χ2n) is 7.42. The summed E-state index contributed by atoms with van der Waals surface area (Å²) in [5.74, 6) is 0.460. The van der Waals surface area contributed by atoms with E-state index >= 15 is 0 Å². The van der Waals surface area contributed by atoms with Crippen LogP contribution in [0.15, 0.2) is 64.6 Å². The predicted molar refractivity (Wildman–Crippen MR) is 144 cm³/mol. The highest BCUT2D eigenvalue weighted by molar-refractivity contribution is 9.10. The molecule has 0 bridgehead atoms. The third-order valence-corrected chi connectivity index (χ3v) is 6.22. The average Bonchev–Trinajstić information content (AvgIpc) is 2.83. The molecular formula is C27H23BrCl2N2O3. The lowest BCUT2D eigenvalue weighted by atomic mass is 10.1. The first-order valence-electron chi connectivity index (χ1n) is 10.9. The average molecular weight is 574 g/mol. The van der Waals surface area contributed by atoms with Crippen LogP contribution in [-0.2, 0) is 17.8 Å². The molecule has 0 radical (unpaired) electrons.